The summed E-state index contributed by atoms with van der Waals surface area (Å²) in [6.07, 6.45) is 0. The van der Waals surface area contributed by atoms with Gasteiger partial charge >= 0.3 is 0 Å². The number of aryl methyl sites for hydroxylation is 1. The SMILES string of the molecule is Cc1cccc(NC(=O)CN(C)CCOc2ccc(Br)cc2)c1C. The molecule has 0 saturated carbocycles. The predicted octanol–water partition coefficient (Wildman–Crippen LogP) is 4.02. The van der Waals surface area contributed by atoms with Gasteiger partial charge in [0.2, 0.25) is 5.91 Å². The van der Waals surface area contributed by atoms with Gasteiger partial charge in [0.05, 0.1) is 6.54 Å². The number of anilines is 1. The molecular weight excluding hydrogens is 368 g/mol. The van der Waals surface area contributed by atoms with Crippen molar-refractivity contribution in [2.75, 3.05) is 32.1 Å². The molecule has 1 amide bonds. The zero-order chi connectivity index (χ0) is 17.5. The first-order valence-electron chi connectivity index (χ1n) is 7.88. The van der Waals surface area contributed by atoms with Crippen LogP contribution in [0.5, 0.6) is 5.75 Å². The number of amides is 1. The molecular formula is C19H23BrN2O2. The van der Waals surface area contributed by atoms with Crippen LogP contribution in [0.3, 0.4) is 0 Å². The maximum absolute atomic E-state index is 12.2. The number of hydrogen-bond donors (Lipinski definition) is 1. The smallest absolute Gasteiger partial charge is 0.238 e. The summed E-state index contributed by atoms with van der Waals surface area (Å²) in [6, 6.07) is 13.6. The van der Waals surface area contributed by atoms with Crippen molar-refractivity contribution in [2.45, 2.75) is 13.8 Å². The Hall–Kier alpha value is -1.85. The van der Waals surface area contributed by atoms with Crippen molar-refractivity contribution >= 4 is 27.5 Å². The van der Waals surface area contributed by atoms with Crippen molar-refractivity contribution in [3.05, 3.63) is 58.1 Å². The van der Waals surface area contributed by atoms with Crippen molar-refractivity contribution in [3.63, 3.8) is 0 Å². The summed E-state index contributed by atoms with van der Waals surface area (Å²) in [5, 5.41) is 2.97. The van der Waals surface area contributed by atoms with Gasteiger partial charge in [0.15, 0.2) is 0 Å². The van der Waals surface area contributed by atoms with Gasteiger partial charge in [-0.15, -0.1) is 0 Å². The van der Waals surface area contributed by atoms with Crippen LogP contribution in [0.25, 0.3) is 0 Å². The highest BCUT2D eigenvalue weighted by Gasteiger charge is 2.09. The molecule has 0 heterocycles. The lowest BCUT2D eigenvalue weighted by Crippen LogP contribution is -2.33. The molecule has 0 aliphatic heterocycles. The third-order valence-electron chi connectivity index (χ3n) is 3.85. The summed E-state index contributed by atoms with van der Waals surface area (Å²) in [5.74, 6) is 0.807. The van der Waals surface area contributed by atoms with Crippen LogP contribution >= 0.6 is 15.9 Å². The fraction of sp³-hybridized carbons (Fsp3) is 0.316. The number of nitrogens with one attached hydrogen (secondary N) is 1. The van der Waals surface area contributed by atoms with E-state index in [1.807, 2.05) is 68.3 Å². The monoisotopic (exact) mass is 390 g/mol. The molecule has 0 aliphatic carbocycles. The fourth-order valence-electron chi connectivity index (χ4n) is 2.25. The first-order valence-corrected chi connectivity index (χ1v) is 8.68. The minimum atomic E-state index is -0.0187. The van der Waals surface area contributed by atoms with Crippen LogP contribution in [0, 0.1) is 13.8 Å². The highest BCUT2D eigenvalue weighted by atomic mass is 79.9. The molecule has 2 aromatic carbocycles. The number of benzene rings is 2. The summed E-state index contributed by atoms with van der Waals surface area (Å²) in [5.41, 5.74) is 3.15. The highest BCUT2D eigenvalue weighted by Crippen LogP contribution is 2.18. The van der Waals surface area contributed by atoms with Crippen molar-refractivity contribution in [1.29, 1.82) is 0 Å². The topological polar surface area (TPSA) is 41.6 Å². The number of carbonyl (C=O) groups excluding carboxylic acids is 1. The van der Waals surface area contributed by atoms with Crippen molar-refractivity contribution in [3.8, 4) is 5.75 Å². The number of carbonyl (C=O) groups is 1. The number of likely N-dealkylation sites (N-methyl/N-ethyl adjacent to an activating group) is 1. The molecule has 128 valence electrons. The maximum Gasteiger partial charge on any atom is 0.238 e. The Kier molecular flexibility index (Phi) is 6.82. The van der Waals surface area contributed by atoms with Crippen LogP contribution in [0.4, 0.5) is 5.69 Å². The molecule has 0 saturated heterocycles. The Morgan fingerprint density at radius 3 is 2.58 bits per heavy atom. The summed E-state index contributed by atoms with van der Waals surface area (Å²) in [6.45, 7) is 5.60. The molecule has 0 spiro atoms. The molecule has 0 atom stereocenters. The van der Waals surface area contributed by atoms with E-state index in [0.29, 0.717) is 19.7 Å². The third kappa shape index (κ3) is 5.65. The van der Waals surface area contributed by atoms with Gasteiger partial charge in [-0.3, -0.25) is 9.69 Å². The summed E-state index contributed by atoms with van der Waals surface area (Å²) in [4.78, 5) is 14.1. The van der Waals surface area contributed by atoms with Gasteiger partial charge in [0.1, 0.15) is 12.4 Å². The van der Waals surface area contributed by atoms with E-state index in [9.17, 15) is 4.79 Å². The van der Waals surface area contributed by atoms with E-state index in [1.54, 1.807) is 0 Å². The van der Waals surface area contributed by atoms with Crippen LogP contribution in [0.1, 0.15) is 11.1 Å². The summed E-state index contributed by atoms with van der Waals surface area (Å²) in [7, 11) is 1.91. The van der Waals surface area contributed by atoms with Gasteiger partial charge in [-0.2, -0.15) is 0 Å². The van der Waals surface area contributed by atoms with Crippen molar-refractivity contribution in [2.24, 2.45) is 0 Å². The molecule has 0 bridgehead atoms. The van der Waals surface area contributed by atoms with Gasteiger partial charge in [-0.1, -0.05) is 28.1 Å². The lowest BCUT2D eigenvalue weighted by Gasteiger charge is -2.17. The molecule has 2 rings (SSSR count). The molecule has 0 aliphatic rings. The maximum atomic E-state index is 12.2. The largest absolute Gasteiger partial charge is 0.492 e. The Balaban J connectivity index is 1.75. The summed E-state index contributed by atoms with van der Waals surface area (Å²) >= 11 is 3.39. The third-order valence-corrected chi connectivity index (χ3v) is 4.38. The van der Waals surface area contributed by atoms with Crippen LogP contribution in [-0.4, -0.2) is 37.6 Å². The Morgan fingerprint density at radius 1 is 1.17 bits per heavy atom. The molecule has 0 radical (unpaired) electrons. The summed E-state index contributed by atoms with van der Waals surface area (Å²) < 4.78 is 6.70. The second-order valence-corrected chi connectivity index (χ2v) is 6.75. The van der Waals surface area contributed by atoms with Crippen molar-refractivity contribution in [1.82, 2.24) is 4.90 Å². The molecule has 24 heavy (non-hydrogen) atoms. The van der Waals surface area contributed by atoms with E-state index in [1.165, 1.54) is 5.56 Å². The van der Waals surface area contributed by atoms with Gasteiger partial charge in [0, 0.05) is 16.7 Å². The number of nitrogens with zero attached hydrogens (tertiary/aromatic N) is 1. The molecule has 4 nitrogen and oxygen atoms in total. The Bertz CT molecular complexity index is 686. The highest BCUT2D eigenvalue weighted by molar-refractivity contribution is 9.10. The lowest BCUT2D eigenvalue weighted by atomic mass is 10.1. The van der Waals surface area contributed by atoms with Crippen LogP contribution in [0.2, 0.25) is 0 Å². The van der Waals surface area contributed by atoms with E-state index in [2.05, 4.69) is 21.2 Å². The minimum Gasteiger partial charge on any atom is -0.492 e. The van der Waals surface area contributed by atoms with E-state index in [4.69, 9.17) is 4.74 Å². The van der Waals surface area contributed by atoms with E-state index >= 15 is 0 Å². The first-order chi connectivity index (χ1) is 11.5. The normalized spacial score (nSPS) is 10.7. The predicted molar refractivity (Wildman–Crippen MR) is 102 cm³/mol. The fourth-order valence-corrected chi connectivity index (χ4v) is 2.51. The van der Waals surface area contributed by atoms with Crippen LogP contribution < -0.4 is 10.1 Å². The van der Waals surface area contributed by atoms with E-state index < -0.39 is 0 Å². The van der Waals surface area contributed by atoms with E-state index in [-0.39, 0.29) is 5.91 Å². The second-order valence-electron chi connectivity index (χ2n) is 5.84. The molecule has 1 N–H and O–H groups in total. The quantitative estimate of drug-likeness (QED) is 0.776. The minimum absolute atomic E-state index is 0.0187. The van der Waals surface area contributed by atoms with Gasteiger partial charge in [0.25, 0.3) is 0 Å². The molecule has 2 aromatic rings. The molecule has 0 unspecified atom stereocenters. The Labute approximate surface area is 151 Å². The lowest BCUT2D eigenvalue weighted by molar-refractivity contribution is -0.117. The average Bonchev–Trinajstić information content (AvgIpc) is 2.53. The van der Waals surface area contributed by atoms with Gasteiger partial charge in [-0.25, -0.2) is 0 Å². The zero-order valence-corrected chi connectivity index (χ0v) is 15.9. The molecule has 5 heteroatoms. The molecule has 0 aromatic heterocycles. The number of rotatable bonds is 7. The Morgan fingerprint density at radius 2 is 1.88 bits per heavy atom. The molecule has 0 fully saturated rings. The van der Waals surface area contributed by atoms with Crippen LogP contribution in [0.15, 0.2) is 46.9 Å². The number of hydrogen-bond acceptors (Lipinski definition) is 3. The van der Waals surface area contributed by atoms with E-state index in [0.717, 1.165) is 21.5 Å². The second kappa shape index (κ2) is 8.85. The zero-order valence-electron chi connectivity index (χ0n) is 14.3. The average molecular weight is 391 g/mol. The number of ether oxygens (including phenoxy) is 1. The first kappa shape index (κ1) is 18.5. The van der Waals surface area contributed by atoms with Gasteiger partial charge in [-0.05, 0) is 62.4 Å². The van der Waals surface area contributed by atoms with Gasteiger partial charge < -0.3 is 10.1 Å². The van der Waals surface area contributed by atoms with Crippen molar-refractivity contribution < 1.29 is 9.53 Å². The van der Waals surface area contributed by atoms with Crippen LogP contribution in [-0.2, 0) is 4.79 Å². The standard InChI is InChI=1S/C19H23BrN2O2/c1-14-5-4-6-18(15(14)2)21-19(23)13-22(3)11-12-24-17-9-7-16(20)8-10-17/h4-10H,11-13H2,1-3H3,(H,21,23). The number of halogens is 1.